The summed E-state index contributed by atoms with van der Waals surface area (Å²) in [5.74, 6) is 0. The molecule has 0 radical (unpaired) electrons. The Hall–Kier alpha value is 0.0213. The maximum atomic E-state index is 12.2. The van der Waals surface area contributed by atoms with Crippen LogP contribution < -0.4 is 56.8 Å². The molecule has 0 aromatic heterocycles. The third-order valence-electron chi connectivity index (χ3n) is 1.65. The normalized spacial score (nSPS) is 10.1. The van der Waals surface area contributed by atoms with E-state index in [9.17, 15) is 12.9 Å². The second kappa shape index (κ2) is 6.57. The van der Waals surface area contributed by atoms with E-state index in [1.807, 2.05) is 0 Å². The van der Waals surface area contributed by atoms with E-state index in [1.165, 1.54) is 12.1 Å². The van der Waals surface area contributed by atoms with Gasteiger partial charge < -0.3 is 12.9 Å². The predicted molar refractivity (Wildman–Crippen MR) is 48.0 cm³/mol. The van der Waals surface area contributed by atoms with Crippen LogP contribution >= 0.6 is 0 Å². The smallest absolute Gasteiger partial charge is 0.445 e. The Morgan fingerprint density at radius 2 is 2.00 bits per heavy atom. The molecule has 15 heavy (non-hydrogen) atoms. The van der Waals surface area contributed by atoms with Crippen LogP contribution in [0.4, 0.5) is 12.9 Å². The van der Waals surface area contributed by atoms with E-state index in [-0.39, 0.29) is 57.9 Å². The molecule has 0 aliphatic carbocycles. The van der Waals surface area contributed by atoms with E-state index in [2.05, 4.69) is 10.0 Å². The summed E-state index contributed by atoms with van der Waals surface area (Å²) >= 11 is 0. The van der Waals surface area contributed by atoms with Gasteiger partial charge in [0.05, 0.1) is 6.54 Å². The van der Waals surface area contributed by atoms with E-state index < -0.39 is 12.4 Å². The summed E-state index contributed by atoms with van der Waals surface area (Å²) < 4.78 is 36.7. The van der Waals surface area contributed by atoms with Gasteiger partial charge in [0.2, 0.25) is 0 Å². The van der Waals surface area contributed by atoms with Gasteiger partial charge in [-0.25, -0.2) is 0 Å². The maximum absolute atomic E-state index is 12.2. The van der Waals surface area contributed by atoms with Crippen molar-refractivity contribution in [2.75, 3.05) is 0 Å². The standard InChI is InChI=1S/C7H6BF3N3.K/c9-8(10,11)7-3-1-2-6(4-7)5-13-14-12;/h1-4H,5H2;/q-1;+1. The van der Waals surface area contributed by atoms with Gasteiger partial charge in [0.1, 0.15) is 0 Å². The first kappa shape index (κ1) is 15.0. The van der Waals surface area contributed by atoms with E-state index in [0.29, 0.717) is 5.56 Å². The molecule has 0 amide bonds. The van der Waals surface area contributed by atoms with Crippen LogP contribution in [-0.4, -0.2) is 6.98 Å². The second-order valence-electron chi connectivity index (χ2n) is 2.71. The molecule has 0 aliphatic heterocycles. The summed E-state index contributed by atoms with van der Waals surface area (Å²) in [7, 11) is 0. The zero-order valence-electron chi connectivity index (χ0n) is 8.07. The molecule has 0 N–H and O–H groups in total. The average Bonchev–Trinajstić information content (AvgIpc) is 2.14. The van der Waals surface area contributed by atoms with Crippen molar-refractivity contribution >= 4 is 12.4 Å². The molecule has 0 spiro atoms. The van der Waals surface area contributed by atoms with Gasteiger partial charge in [0.15, 0.2) is 0 Å². The Morgan fingerprint density at radius 1 is 1.33 bits per heavy atom. The largest absolute Gasteiger partial charge is 1.00 e. The molecular formula is C7H6BF3KN3. The monoisotopic (exact) mass is 239 g/mol. The SMILES string of the molecule is [K+].[N-]=[N+]=NCc1cccc([B-](F)(F)F)c1. The third kappa shape index (κ3) is 5.05. The first-order valence-electron chi connectivity index (χ1n) is 3.83. The van der Waals surface area contributed by atoms with Gasteiger partial charge in [-0.05, 0) is 11.1 Å². The van der Waals surface area contributed by atoms with Crippen LogP contribution in [0.25, 0.3) is 10.4 Å². The van der Waals surface area contributed by atoms with E-state index in [4.69, 9.17) is 5.53 Å². The van der Waals surface area contributed by atoms with Crippen molar-refractivity contribution in [2.45, 2.75) is 6.54 Å². The third-order valence-corrected chi connectivity index (χ3v) is 1.65. The first-order chi connectivity index (χ1) is 6.54. The molecule has 0 atom stereocenters. The summed E-state index contributed by atoms with van der Waals surface area (Å²) in [6, 6.07) is 4.78. The van der Waals surface area contributed by atoms with Crippen molar-refractivity contribution in [1.29, 1.82) is 0 Å². The summed E-state index contributed by atoms with van der Waals surface area (Å²) in [4.78, 5) is 2.47. The second-order valence-corrected chi connectivity index (χ2v) is 2.71. The number of hydrogen-bond acceptors (Lipinski definition) is 1. The fourth-order valence-electron chi connectivity index (χ4n) is 1.01. The van der Waals surface area contributed by atoms with E-state index >= 15 is 0 Å². The van der Waals surface area contributed by atoms with Crippen molar-refractivity contribution in [3.8, 4) is 0 Å². The maximum Gasteiger partial charge on any atom is 1.00 e. The molecule has 0 saturated carbocycles. The summed E-state index contributed by atoms with van der Waals surface area (Å²) in [5, 5.41) is 3.19. The van der Waals surface area contributed by atoms with Gasteiger partial charge in [-0.1, -0.05) is 29.4 Å². The van der Waals surface area contributed by atoms with Gasteiger partial charge >= 0.3 is 58.4 Å². The van der Waals surface area contributed by atoms with Gasteiger partial charge in [-0.2, -0.15) is 0 Å². The molecule has 74 valence electrons. The van der Waals surface area contributed by atoms with Gasteiger partial charge in [0.25, 0.3) is 0 Å². The fraction of sp³-hybridized carbons (Fsp3) is 0.143. The molecule has 0 fully saturated rings. The molecule has 0 bridgehead atoms. The summed E-state index contributed by atoms with van der Waals surface area (Å²) in [6.45, 7) is -5.04. The Morgan fingerprint density at radius 3 is 2.53 bits per heavy atom. The summed E-state index contributed by atoms with van der Waals surface area (Å²) in [6.07, 6.45) is 0. The van der Waals surface area contributed by atoms with Crippen LogP contribution in [0.1, 0.15) is 5.56 Å². The van der Waals surface area contributed by atoms with Crippen molar-refractivity contribution in [1.82, 2.24) is 0 Å². The molecule has 1 aromatic carbocycles. The molecule has 0 aliphatic rings. The summed E-state index contributed by atoms with van der Waals surface area (Å²) in [5.41, 5.74) is 7.69. The Balaban J connectivity index is 0.00000196. The van der Waals surface area contributed by atoms with Crippen LogP contribution in [0.3, 0.4) is 0 Å². The molecule has 0 unspecified atom stereocenters. The minimum atomic E-state index is -4.98. The average molecular weight is 239 g/mol. The van der Waals surface area contributed by atoms with Crippen LogP contribution in [0, 0.1) is 0 Å². The van der Waals surface area contributed by atoms with Crippen molar-refractivity contribution in [3.63, 3.8) is 0 Å². The molecule has 3 nitrogen and oxygen atoms in total. The van der Waals surface area contributed by atoms with Crippen LogP contribution in [-0.2, 0) is 6.54 Å². The zero-order valence-corrected chi connectivity index (χ0v) is 11.2. The van der Waals surface area contributed by atoms with Gasteiger partial charge in [0, 0.05) is 4.91 Å². The number of hydrogen-bond donors (Lipinski definition) is 0. The fourth-order valence-corrected chi connectivity index (χ4v) is 1.01. The van der Waals surface area contributed by atoms with E-state index in [0.717, 1.165) is 12.1 Å². The Kier molecular flexibility index (Phi) is 6.58. The quantitative estimate of drug-likeness (QED) is 0.297. The molecule has 1 rings (SSSR count). The molecular weight excluding hydrogens is 233 g/mol. The molecule has 0 heterocycles. The minimum absolute atomic E-state index is 0. The van der Waals surface area contributed by atoms with Crippen molar-refractivity contribution in [2.24, 2.45) is 5.11 Å². The van der Waals surface area contributed by atoms with Crippen LogP contribution in [0.15, 0.2) is 29.4 Å². The van der Waals surface area contributed by atoms with Gasteiger partial charge in [-0.3, -0.25) is 0 Å². The predicted octanol–water partition coefficient (Wildman–Crippen LogP) is -0.445. The molecule has 0 saturated heterocycles. The first-order valence-corrected chi connectivity index (χ1v) is 3.83. The van der Waals surface area contributed by atoms with Crippen LogP contribution in [0.5, 0.6) is 0 Å². The number of azide groups is 1. The number of benzene rings is 1. The zero-order chi connectivity index (χ0) is 10.6. The minimum Gasteiger partial charge on any atom is -0.445 e. The molecule has 1 aromatic rings. The number of nitrogens with zero attached hydrogens (tertiary/aromatic N) is 3. The van der Waals surface area contributed by atoms with Gasteiger partial charge in [-0.15, -0.1) is 5.46 Å². The van der Waals surface area contributed by atoms with Crippen molar-refractivity contribution in [3.05, 3.63) is 40.3 Å². The van der Waals surface area contributed by atoms with Crippen molar-refractivity contribution < 1.29 is 64.3 Å². The van der Waals surface area contributed by atoms with E-state index in [1.54, 1.807) is 0 Å². The number of halogens is 3. The topological polar surface area (TPSA) is 48.8 Å². The number of rotatable bonds is 3. The van der Waals surface area contributed by atoms with Crippen LogP contribution in [0.2, 0.25) is 0 Å². The Labute approximate surface area is 127 Å². The molecule has 8 heteroatoms. The Bertz CT molecular complexity index is 376.